The van der Waals surface area contributed by atoms with Crippen LogP contribution < -0.4 is 10.6 Å². The summed E-state index contributed by atoms with van der Waals surface area (Å²) in [5.41, 5.74) is 3.09. The second kappa shape index (κ2) is 6.34. The Balaban J connectivity index is 1.61. The molecule has 3 rings (SSSR count). The lowest BCUT2D eigenvalue weighted by atomic mass is 9.99. The zero-order chi connectivity index (χ0) is 16.6. The highest BCUT2D eigenvalue weighted by Crippen LogP contribution is 2.31. The minimum atomic E-state index is -0.0139. The highest BCUT2D eigenvalue weighted by molar-refractivity contribution is 5.81. The number of rotatable bonds is 5. The maximum Gasteiger partial charge on any atom is 0.224 e. The van der Waals surface area contributed by atoms with E-state index >= 15 is 0 Å². The third-order valence-corrected chi connectivity index (χ3v) is 5.02. The van der Waals surface area contributed by atoms with Gasteiger partial charge >= 0.3 is 0 Å². The average Bonchev–Trinajstić information content (AvgIpc) is 3.26. The van der Waals surface area contributed by atoms with Gasteiger partial charge in [0.1, 0.15) is 0 Å². The van der Waals surface area contributed by atoms with Crippen LogP contribution >= 0.6 is 0 Å². The van der Waals surface area contributed by atoms with Gasteiger partial charge in [0.05, 0.1) is 12.1 Å². The molecule has 1 aromatic rings. The van der Waals surface area contributed by atoms with E-state index in [1.165, 1.54) is 12.8 Å². The Morgan fingerprint density at radius 1 is 1.35 bits per heavy atom. The Morgan fingerprint density at radius 2 is 2.09 bits per heavy atom. The molecule has 1 aliphatic carbocycles. The van der Waals surface area contributed by atoms with Gasteiger partial charge in [0, 0.05) is 36.3 Å². The standard InChI is InChI=1S/C17H26N4O2/c1-10-14(12(3)21(20-10)9-13-4-5-13)8-17(23)19-15-6-7-16(22)18-11(15)2/h11,13,15H,4-9H2,1-3H3,(H,18,22)(H,19,23). The Bertz CT molecular complexity index is 618. The molecule has 6 heteroatoms. The fourth-order valence-electron chi connectivity index (χ4n) is 3.29. The van der Waals surface area contributed by atoms with E-state index in [2.05, 4.69) is 27.3 Å². The molecule has 1 saturated heterocycles. The Kier molecular flexibility index (Phi) is 4.41. The first kappa shape index (κ1) is 16.0. The van der Waals surface area contributed by atoms with Gasteiger partial charge in [-0.1, -0.05) is 0 Å². The van der Waals surface area contributed by atoms with E-state index in [1.54, 1.807) is 0 Å². The zero-order valence-corrected chi connectivity index (χ0v) is 14.2. The van der Waals surface area contributed by atoms with Crippen molar-refractivity contribution in [1.29, 1.82) is 0 Å². The summed E-state index contributed by atoms with van der Waals surface area (Å²) >= 11 is 0. The van der Waals surface area contributed by atoms with Crippen molar-refractivity contribution in [3.63, 3.8) is 0 Å². The first-order valence-corrected chi connectivity index (χ1v) is 8.55. The fourth-order valence-corrected chi connectivity index (χ4v) is 3.29. The monoisotopic (exact) mass is 318 g/mol. The predicted molar refractivity (Wildman–Crippen MR) is 86.9 cm³/mol. The summed E-state index contributed by atoms with van der Waals surface area (Å²) in [6, 6.07) is 0.00213. The molecule has 2 unspecified atom stereocenters. The molecule has 2 fully saturated rings. The largest absolute Gasteiger partial charge is 0.352 e. The number of piperidine rings is 1. The molecular formula is C17H26N4O2. The molecule has 0 bridgehead atoms. The highest BCUT2D eigenvalue weighted by Gasteiger charge is 2.28. The molecule has 0 spiro atoms. The molecule has 1 aromatic heterocycles. The first-order chi connectivity index (χ1) is 10.9. The van der Waals surface area contributed by atoms with Crippen LogP contribution in [0, 0.1) is 19.8 Å². The van der Waals surface area contributed by atoms with E-state index in [4.69, 9.17) is 0 Å². The molecule has 6 nitrogen and oxygen atoms in total. The molecule has 2 N–H and O–H groups in total. The summed E-state index contributed by atoms with van der Waals surface area (Å²) < 4.78 is 2.05. The van der Waals surface area contributed by atoms with Crippen LogP contribution in [0.25, 0.3) is 0 Å². The number of hydrogen-bond donors (Lipinski definition) is 2. The van der Waals surface area contributed by atoms with E-state index in [-0.39, 0.29) is 23.9 Å². The van der Waals surface area contributed by atoms with E-state index in [0.29, 0.717) is 19.3 Å². The number of hydrogen-bond acceptors (Lipinski definition) is 3. The van der Waals surface area contributed by atoms with Crippen LogP contribution in [0.3, 0.4) is 0 Å². The van der Waals surface area contributed by atoms with Gasteiger partial charge in [-0.25, -0.2) is 0 Å². The van der Waals surface area contributed by atoms with Crippen molar-refractivity contribution in [2.45, 2.75) is 71.5 Å². The molecule has 0 aromatic carbocycles. The van der Waals surface area contributed by atoms with Crippen molar-refractivity contribution in [2.24, 2.45) is 5.92 Å². The summed E-state index contributed by atoms with van der Waals surface area (Å²) in [6.45, 7) is 6.93. The maximum absolute atomic E-state index is 12.4. The first-order valence-electron chi connectivity index (χ1n) is 8.55. The smallest absolute Gasteiger partial charge is 0.224 e. The van der Waals surface area contributed by atoms with Crippen LogP contribution in [0.2, 0.25) is 0 Å². The van der Waals surface area contributed by atoms with Gasteiger partial charge in [0.15, 0.2) is 0 Å². The Hall–Kier alpha value is -1.85. The van der Waals surface area contributed by atoms with Gasteiger partial charge in [-0.05, 0) is 46.0 Å². The molecule has 2 heterocycles. The molecule has 1 aliphatic heterocycles. The lowest BCUT2D eigenvalue weighted by Gasteiger charge is -2.30. The second-order valence-corrected chi connectivity index (χ2v) is 7.02. The van der Waals surface area contributed by atoms with Crippen molar-refractivity contribution < 1.29 is 9.59 Å². The molecule has 1 saturated carbocycles. The molecular weight excluding hydrogens is 292 g/mol. The Morgan fingerprint density at radius 3 is 2.74 bits per heavy atom. The number of aryl methyl sites for hydroxylation is 1. The molecule has 2 amide bonds. The van der Waals surface area contributed by atoms with Crippen LogP contribution in [0.15, 0.2) is 0 Å². The van der Waals surface area contributed by atoms with Crippen molar-refractivity contribution in [3.8, 4) is 0 Å². The van der Waals surface area contributed by atoms with Gasteiger partial charge in [-0.15, -0.1) is 0 Å². The normalized spacial score (nSPS) is 24.4. The number of aromatic nitrogens is 2. The predicted octanol–water partition coefficient (Wildman–Crippen LogP) is 1.24. The van der Waals surface area contributed by atoms with Crippen molar-refractivity contribution in [1.82, 2.24) is 20.4 Å². The lowest BCUT2D eigenvalue weighted by molar-refractivity contribution is -0.126. The number of amides is 2. The SMILES string of the molecule is Cc1nn(CC2CC2)c(C)c1CC(=O)NC1CCC(=O)NC1C. The Labute approximate surface area is 137 Å². The van der Waals surface area contributed by atoms with Crippen LogP contribution in [-0.2, 0) is 22.6 Å². The summed E-state index contributed by atoms with van der Waals surface area (Å²) in [5.74, 6) is 0.840. The summed E-state index contributed by atoms with van der Waals surface area (Å²) in [6.07, 6.45) is 4.13. The number of carbonyl (C=O) groups excluding carboxylic acids is 2. The molecule has 0 radical (unpaired) electrons. The van der Waals surface area contributed by atoms with Crippen LogP contribution in [-0.4, -0.2) is 33.7 Å². The average molecular weight is 318 g/mol. The topological polar surface area (TPSA) is 76.0 Å². The summed E-state index contributed by atoms with van der Waals surface area (Å²) in [5, 5.41) is 10.5. The highest BCUT2D eigenvalue weighted by atomic mass is 16.2. The quantitative estimate of drug-likeness (QED) is 0.857. The van der Waals surface area contributed by atoms with Crippen LogP contribution in [0.4, 0.5) is 0 Å². The third-order valence-electron chi connectivity index (χ3n) is 5.02. The zero-order valence-electron chi connectivity index (χ0n) is 14.2. The summed E-state index contributed by atoms with van der Waals surface area (Å²) in [7, 11) is 0. The third kappa shape index (κ3) is 3.74. The van der Waals surface area contributed by atoms with Crippen molar-refractivity contribution >= 4 is 11.8 Å². The molecule has 23 heavy (non-hydrogen) atoms. The molecule has 126 valence electrons. The minimum absolute atomic E-state index is 0.00942. The number of carbonyl (C=O) groups is 2. The maximum atomic E-state index is 12.4. The van der Waals surface area contributed by atoms with E-state index in [0.717, 1.165) is 29.4 Å². The summed E-state index contributed by atoms with van der Waals surface area (Å²) in [4.78, 5) is 23.7. The van der Waals surface area contributed by atoms with Crippen molar-refractivity contribution in [2.75, 3.05) is 0 Å². The van der Waals surface area contributed by atoms with Crippen LogP contribution in [0.1, 0.15) is 49.6 Å². The van der Waals surface area contributed by atoms with Gasteiger partial charge < -0.3 is 10.6 Å². The van der Waals surface area contributed by atoms with Crippen molar-refractivity contribution in [3.05, 3.63) is 17.0 Å². The minimum Gasteiger partial charge on any atom is -0.352 e. The van der Waals surface area contributed by atoms with E-state index in [9.17, 15) is 9.59 Å². The van der Waals surface area contributed by atoms with Gasteiger partial charge in [-0.2, -0.15) is 5.10 Å². The lowest BCUT2D eigenvalue weighted by Crippen LogP contribution is -2.54. The van der Waals surface area contributed by atoms with Gasteiger partial charge in [-0.3, -0.25) is 14.3 Å². The van der Waals surface area contributed by atoms with E-state index in [1.807, 2.05) is 13.8 Å². The number of nitrogens with zero attached hydrogens (tertiary/aromatic N) is 2. The second-order valence-electron chi connectivity index (χ2n) is 7.02. The number of nitrogens with one attached hydrogen (secondary N) is 2. The molecule has 2 aliphatic rings. The van der Waals surface area contributed by atoms with E-state index < -0.39 is 0 Å². The van der Waals surface area contributed by atoms with Crippen LogP contribution in [0.5, 0.6) is 0 Å². The molecule has 2 atom stereocenters. The van der Waals surface area contributed by atoms with Gasteiger partial charge in [0.2, 0.25) is 11.8 Å². The van der Waals surface area contributed by atoms with Gasteiger partial charge in [0.25, 0.3) is 0 Å². The fraction of sp³-hybridized carbons (Fsp3) is 0.706.